The molecular formula is C51H71N4O9S3Si2+. The molecule has 3 saturated heterocycles. The molecule has 6 heterocycles. The van der Waals surface area contributed by atoms with Crippen LogP contribution in [0.1, 0.15) is 75.3 Å². The van der Waals surface area contributed by atoms with E-state index in [4.69, 9.17) is 18.4 Å². The van der Waals surface area contributed by atoms with E-state index in [1.54, 1.807) is 31.3 Å². The lowest BCUT2D eigenvalue weighted by atomic mass is 9.94. The number of nitrogens with zero attached hydrogens (tertiary/aromatic N) is 3. The lowest BCUT2D eigenvalue weighted by Gasteiger charge is -2.49. The van der Waals surface area contributed by atoms with E-state index >= 15 is 0 Å². The molecule has 0 aliphatic carbocycles. The van der Waals surface area contributed by atoms with E-state index in [1.807, 2.05) is 58.3 Å². The van der Waals surface area contributed by atoms with E-state index < -0.39 is 32.3 Å². The van der Waals surface area contributed by atoms with Crippen LogP contribution in [0, 0.1) is 0 Å². The van der Waals surface area contributed by atoms with E-state index in [0.29, 0.717) is 55.4 Å². The summed E-state index contributed by atoms with van der Waals surface area (Å²) in [6.07, 6.45) is 1.59. The maximum atomic E-state index is 14.9. The zero-order valence-electron chi connectivity index (χ0n) is 42.2. The third-order valence-electron chi connectivity index (χ3n) is 16.0. The monoisotopic (exact) mass is 1040 g/mol. The van der Waals surface area contributed by atoms with Gasteiger partial charge in [0.25, 0.3) is 0 Å². The number of esters is 1. The molecule has 13 nitrogen and oxygen atoms in total. The maximum Gasteiger partial charge on any atom is 0.348 e. The van der Waals surface area contributed by atoms with Crippen LogP contribution in [0.25, 0.3) is 10.9 Å². The van der Waals surface area contributed by atoms with E-state index in [1.165, 1.54) is 33.0 Å². The number of rotatable bonds is 18. The minimum Gasteiger partial charge on any atom is -0.506 e. The first-order valence-electron chi connectivity index (χ1n) is 24.0. The van der Waals surface area contributed by atoms with Gasteiger partial charge >= 0.3 is 5.97 Å². The number of thiophene rings is 2. The Morgan fingerprint density at radius 1 is 0.855 bits per heavy atom. The molecule has 0 spiro atoms. The number of aromatic hydroxyl groups is 1. The normalized spacial score (nSPS) is 23.2. The summed E-state index contributed by atoms with van der Waals surface area (Å²) in [5, 5.41) is 17.0. The van der Waals surface area contributed by atoms with Crippen LogP contribution in [0.4, 0.5) is 0 Å². The Morgan fingerprint density at radius 3 is 2.00 bits per heavy atom. The molecule has 3 aliphatic heterocycles. The molecule has 374 valence electrons. The van der Waals surface area contributed by atoms with Gasteiger partial charge in [-0.2, -0.15) is 9.37 Å². The Kier molecular flexibility index (Phi) is 14.1. The predicted octanol–water partition coefficient (Wildman–Crippen LogP) is 9.59. The molecule has 8 rings (SSSR count). The Labute approximate surface area is 418 Å². The number of epoxide rings is 1. The van der Waals surface area contributed by atoms with Gasteiger partial charge in [-0.15, -0.1) is 22.7 Å². The van der Waals surface area contributed by atoms with Crippen molar-refractivity contribution >= 4 is 66.2 Å². The van der Waals surface area contributed by atoms with Gasteiger partial charge < -0.3 is 33.0 Å². The Hall–Kier alpha value is -3.54. The maximum absolute atomic E-state index is 14.9. The number of morpholine rings is 1. The highest BCUT2D eigenvalue weighted by molar-refractivity contribution is 7.89. The zero-order chi connectivity index (χ0) is 50.1. The van der Waals surface area contributed by atoms with Gasteiger partial charge in [-0.3, -0.25) is 4.79 Å². The van der Waals surface area contributed by atoms with Gasteiger partial charge in [0.1, 0.15) is 36.1 Å². The highest BCUT2D eigenvalue weighted by Crippen LogP contribution is 2.54. The van der Waals surface area contributed by atoms with E-state index in [9.17, 15) is 23.1 Å². The SMILES string of the molecule is CN(CC[N+]1(C)C2CC(OC(=O)C(O[Si](C)(C)C(C)(C)C)(c3cccs3)c3cccs3)CC1[C@H]1OC21)S(=O)(=O)c1ccc(CN(CCc2ccc(O)c3[nH]c(=O)ccc23)O[Si](C)(C)C(C)(C)C)cc1. The second kappa shape index (κ2) is 18.8. The molecule has 5 unspecified atom stereocenters. The standard InChI is InChI=1S/C51H70N4O9S3Si2/c1-49(2,3)68(9,10)63-51(42-15-13-29-65-42,43-16-14-30-66-43)48(58)61-36-31-39-46-47(62-46)40(32-36)55(39,8)28-27-53(7)67(59,60)37-20-17-34(18-21-37)33-54(64-69(11,12)50(4,5)6)26-25-35-19-23-41(56)45-38(35)22-24-44(57)52-45/h13-24,29-30,36,39-40,46-47H,25-28,31-33H2,1-12H3,(H-,52,56,57)/p+1/t36?,39?,40?,46-,47?,55?/m1/s1. The molecule has 3 aliphatic rings. The number of carbonyl (C=O) groups excluding carboxylic acids is 1. The smallest absolute Gasteiger partial charge is 0.348 e. The lowest BCUT2D eigenvalue weighted by molar-refractivity contribution is -0.955. The number of pyridine rings is 1. The summed E-state index contributed by atoms with van der Waals surface area (Å²) in [4.78, 5) is 31.6. The minimum atomic E-state index is -3.83. The summed E-state index contributed by atoms with van der Waals surface area (Å²) in [5.74, 6) is -0.354. The highest BCUT2D eigenvalue weighted by Gasteiger charge is 2.72. The first kappa shape index (κ1) is 51.8. The number of ether oxygens (including phenoxy) is 2. The average Bonchev–Trinajstić information content (AvgIpc) is 3.53. The molecular weight excluding hydrogens is 965 g/mol. The summed E-state index contributed by atoms with van der Waals surface area (Å²) >= 11 is 3.03. The van der Waals surface area contributed by atoms with Crippen molar-refractivity contribution in [3.63, 3.8) is 0 Å². The van der Waals surface area contributed by atoms with Crippen molar-refractivity contribution in [2.45, 2.75) is 145 Å². The van der Waals surface area contributed by atoms with Gasteiger partial charge in [0.05, 0.1) is 40.3 Å². The van der Waals surface area contributed by atoms with Crippen LogP contribution in [0.2, 0.25) is 36.3 Å². The predicted molar refractivity (Wildman–Crippen MR) is 279 cm³/mol. The summed E-state index contributed by atoms with van der Waals surface area (Å²) in [5.41, 5.74) is 0.617. The van der Waals surface area contributed by atoms with E-state index in [-0.39, 0.29) is 62.6 Å². The molecule has 69 heavy (non-hydrogen) atoms. The van der Waals surface area contributed by atoms with Crippen LogP contribution in [-0.4, -0.2) is 119 Å². The van der Waals surface area contributed by atoms with Gasteiger partial charge in [-0.1, -0.05) is 71.9 Å². The van der Waals surface area contributed by atoms with Crippen LogP contribution in [0.5, 0.6) is 5.75 Å². The summed E-state index contributed by atoms with van der Waals surface area (Å²) < 4.78 is 57.4. The number of carbonyl (C=O) groups is 1. The number of piperidine rings is 1. The van der Waals surface area contributed by atoms with Crippen molar-refractivity contribution in [1.29, 1.82) is 0 Å². The Bertz CT molecular complexity index is 2750. The van der Waals surface area contributed by atoms with Crippen LogP contribution in [-0.2, 0) is 51.8 Å². The van der Waals surface area contributed by atoms with Crippen molar-refractivity contribution < 1.29 is 41.2 Å². The van der Waals surface area contributed by atoms with Crippen LogP contribution >= 0.6 is 22.7 Å². The molecule has 0 radical (unpaired) electrons. The number of hydrogen-bond acceptors (Lipinski definition) is 12. The second-order valence-corrected chi connectivity index (χ2v) is 35.9. The van der Waals surface area contributed by atoms with Gasteiger partial charge in [-0.25, -0.2) is 13.2 Å². The summed E-state index contributed by atoms with van der Waals surface area (Å²) in [6, 6.07) is 21.7. The number of aromatic nitrogens is 1. The Morgan fingerprint density at radius 2 is 1.45 bits per heavy atom. The fraction of sp³-hybridized carbons (Fsp3) is 0.529. The molecule has 2 N–H and O–H groups in total. The third-order valence-corrected chi connectivity index (χ3v) is 28.6. The molecule has 5 aromatic rings. The molecule has 3 fully saturated rings. The number of hydrogen-bond donors (Lipinski definition) is 2. The molecule has 18 heteroatoms. The molecule has 3 aromatic heterocycles. The number of phenolic OH excluding ortho intramolecular Hbond substituents is 1. The van der Waals surface area contributed by atoms with Gasteiger partial charge in [0, 0.05) is 44.4 Å². The quantitative estimate of drug-likeness (QED) is 0.0286. The van der Waals surface area contributed by atoms with Crippen molar-refractivity contribution in [3.05, 3.63) is 115 Å². The number of aromatic amines is 1. The van der Waals surface area contributed by atoms with Crippen LogP contribution in [0.3, 0.4) is 0 Å². The number of quaternary nitrogens is 1. The number of nitrogens with one attached hydrogen (secondary N) is 1. The fourth-order valence-electron chi connectivity index (χ4n) is 9.68. The molecule has 0 saturated carbocycles. The summed E-state index contributed by atoms with van der Waals surface area (Å²) in [6.45, 7) is 23.7. The lowest BCUT2D eigenvalue weighted by Crippen LogP contribution is -2.64. The van der Waals surface area contributed by atoms with Crippen LogP contribution < -0.4 is 5.56 Å². The van der Waals surface area contributed by atoms with E-state index in [0.717, 1.165) is 26.3 Å². The number of phenols is 1. The number of sulfonamides is 1. The third kappa shape index (κ3) is 10.0. The second-order valence-electron chi connectivity index (χ2n) is 22.6. The molecule has 6 atom stereocenters. The van der Waals surface area contributed by atoms with Crippen molar-refractivity contribution in [1.82, 2.24) is 14.4 Å². The Balaban J connectivity index is 0.938. The van der Waals surface area contributed by atoms with E-state index in [2.05, 4.69) is 79.8 Å². The van der Waals surface area contributed by atoms with Gasteiger partial charge in [0.15, 0.2) is 8.32 Å². The topological polar surface area (TPSA) is 151 Å². The number of hydroxylamine groups is 2. The van der Waals surface area contributed by atoms with Crippen molar-refractivity contribution in [3.8, 4) is 5.75 Å². The number of fused-ring (bicyclic) bond motifs is 6. The molecule has 2 bridgehead atoms. The highest BCUT2D eigenvalue weighted by atomic mass is 32.2. The van der Waals surface area contributed by atoms with Gasteiger partial charge in [0.2, 0.25) is 29.5 Å². The summed E-state index contributed by atoms with van der Waals surface area (Å²) in [7, 11) is -4.76. The van der Waals surface area contributed by atoms with Crippen molar-refractivity contribution in [2.75, 3.05) is 33.7 Å². The number of likely N-dealkylation sites (N-methyl/N-ethyl adjacent to an activating group) is 2. The van der Waals surface area contributed by atoms with Crippen molar-refractivity contribution in [2.24, 2.45) is 0 Å². The number of H-pyrrole nitrogens is 1. The molecule has 2 aromatic carbocycles. The zero-order valence-corrected chi connectivity index (χ0v) is 46.6. The average molecular weight is 1040 g/mol. The minimum absolute atomic E-state index is 0.0188. The van der Waals surface area contributed by atoms with Gasteiger partial charge in [-0.05, 0) is 101 Å². The molecule has 0 amide bonds. The van der Waals surface area contributed by atoms with Crippen LogP contribution in [0.15, 0.2) is 93.2 Å². The number of benzene rings is 2. The first-order chi connectivity index (χ1) is 32.2. The fourth-order valence-corrected chi connectivity index (χ4v) is 15.2. The first-order valence-corrected chi connectivity index (χ1v) is 33.0. The largest absolute Gasteiger partial charge is 0.506 e.